The molecule has 0 bridgehead atoms. The van der Waals surface area contributed by atoms with Gasteiger partial charge < -0.3 is 4.74 Å². The van der Waals surface area contributed by atoms with Gasteiger partial charge in [0.25, 0.3) is 0 Å². The van der Waals surface area contributed by atoms with Gasteiger partial charge in [-0.05, 0) is 31.4 Å². The van der Waals surface area contributed by atoms with Gasteiger partial charge in [-0.25, -0.2) is 0 Å². The van der Waals surface area contributed by atoms with Crippen molar-refractivity contribution in [3.05, 3.63) is 35.9 Å². The summed E-state index contributed by atoms with van der Waals surface area (Å²) < 4.78 is 5.40. The van der Waals surface area contributed by atoms with Crippen molar-refractivity contribution in [3.8, 4) is 5.75 Å². The zero-order valence-electron chi connectivity index (χ0n) is 12.7. The average Bonchev–Trinajstić information content (AvgIpc) is 2.46. The average molecular weight is 260 g/mol. The zero-order valence-corrected chi connectivity index (χ0v) is 12.7. The molecule has 0 heterocycles. The molecule has 0 aliphatic heterocycles. The molecule has 1 aromatic rings. The summed E-state index contributed by atoms with van der Waals surface area (Å²) in [5.74, 6) is 0.971. The Bertz CT molecular complexity index is 379. The molecule has 0 aliphatic carbocycles. The quantitative estimate of drug-likeness (QED) is 0.506. The third kappa shape index (κ3) is 5.96. The van der Waals surface area contributed by atoms with Crippen molar-refractivity contribution in [1.82, 2.24) is 0 Å². The minimum Gasteiger partial charge on any atom is -0.496 e. The summed E-state index contributed by atoms with van der Waals surface area (Å²) in [6.45, 7) is 4.44. The van der Waals surface area contributed by atoms with Crippen LogP contribution in [-0.4, -0.2) is 7.11 Å². The molecule has 1 heteroatoms. The first-order valence-corrected chi connectivity index (χ1v) is 7.59. The number of allylic oxidation sites excluding steroid dienone is 2. The van der Waals surface area contributed by atoms with E-state index in [1.165, 1.54) is 56.1 Å². The first-order chi connectivity index (χ1) is 9.29. The van der Waals surface area contributed by atoms with Crippen LogP contribution in [0.5, 0.6) is 5.75 Å². The number of unbranched alkanes of at least 4 members (excludes halogenated alkanes) is 6. The van der Waals surface area contributed by atoms with E-state index in [2.05, 4.69) is 32.1 Å². The molecule has 19 heavy (non-hydrogen) atoms. The number of para-hydroxylation sites is 1. The fourth-order valence-corrected chi connectivity index (χ4v) is 2.32. The van der Waals surface area contributed by atoms with Crippen LogP contribution in [0.15, 0.2) is 30.3 Å². The fourth-order valence-electron chi connectivity index (χ4n) is 2.32. The van der Waals surface area contributed by atoms with Crippen LogP contribution in [0.25, 0.3) is 5.57 Å². The van der Waals surface area contributed by atoms with Crippen molar-refractivity contribution in [2.24, 2.45) is 0 Å². The maximum Gasteiger partial charge on any atom is 0.126 e. The Morgan fingerprint density at radius 3 is 2.47 bits per heavy atom. The highest BCUT2D eigenvalue weighted by Gasteiger charge is 2.02. The number of hydrogen-bond acceptors (Lipinski definition) is 1. The first kappa shape index (κ1) is 15.8. The standard InChI is InChI=1S/C18H28O/c1-4-5-6-7-8-9-10-13-16(2)17-14-11-12-15-18(17)19-3/h11-15H,4-10H2,1-3H3/b16-13+. The molecule has 1 aromatic carbocycles. The molecule has 0 amide bonds. The molecular weight excluding hydrogens is 232 g/mol. The van der Waals surface area contributed by atoms with Crippen LogP contribution in [-0.2, 0) is 0 Å². The van der Waals surface area contributed by atoms with Crippen molar-refractivity contribution < 1.29 is 4.74 Å². The molecule has 1 rings (SSSR count). The van der Waals surface area contributed by atoms with E-state index in [1.54, 1.807) is 7.11 Å². The highest BCUT2D eigenvalue weighted by Crippen LogP contribution is 2.25. The van der Waals surface area contributed by atoms with Gasteiger partial charge in [0.05, 0.1) is 7.11 Å². The molecule has 0 aliphatic rings. The van der Waals surface area contributed by atoms with Gasteiger partial charge in [-0.3, -0.25) is 0 Å². The SMILES string of the molecule is CCCCCCCC/C=C(\C)c1ccccc1OC. The van der Waals surface area contributed by atoms with Crippen LogP contribution in [0.2, 0.25) is 0 Å². The van der Waals surface area contributed by atoms with Crippen LogP contribution in [0.3, 0.4) is 0 Å². The largest absolute Gasteiger partial charge is 0.496 e. The molecule has 0 atom stereocenters. The van der Waals surface area contributed by atoms with Gasteiger partial charge >= 0.3 is 0 Å². The Hall–Kier alpha value is -1.24. The van der Waals surface area contributed by atoms with E-state index < -0.39 is 0 Å². The molecule has 0 unspecified atom stereocenters. The zero-order chi connectivity index (χ0) is 13.9. The lowest BCUT2D eigenvalue weighted by atomic mass is 10.0. The third-order valence-corrected chi connectivity index (χ3v) is 3.54. The lowest BCUT2D eigenvalue weighted by Crippen LogP contribution is -1.89. The van der Waals surface area contributed by atoms with E-state index in [9.17, 15) is 0 Å². The summed E-state index contributed by atoms with van der Waals surface area (Å²) >= 11 is 0. The van der Waals surface area contributed by atoms with Crippen LogP contribution < -0.4 is 4.74 Å². The van der Waals surface area contributed by atoms with Crippen molar-refractivity contribution in [1.29, 1.82) is 0 Å². The van der Waals surface area contributed by atoms with Gasteiger partial charge in [-0.15, -0.1) is 0 Å². The Morgan fingerprint density at radius 1 is 1.05 bits per heavy atom. The van der Waals surface area contributed by atoms with E-state index in [4.69, 9.17) is 4.74 Å². The van der Waals surface area contributed by atoms with Crippen molar-refractivity contribution in [2.75, 3.05) is 7.11 Å². The lowest BCUT2D eigenvalue weighted by Gasteiger charge is -2.08. The smallest absolute Gasteiger partial charge is 0.126 e. The van der Waals surface area contributed by atoms with Gasteiger partial charge in [0.2, 0.25) is 0 Å². The molecule has 0 radical (unpaired) electrons. The minimum absolute atomic E-state index is 0.971. The molecule has 0 saturated carbocycles. The highest BCUT2D eigenvalue weighted by atomic mass is 16.5. The summed E-state index contributed by atoms with van der Waals surface area (Å²) in [5.41, 5.74) is 2.54. The molecule has 0 spiro atoms. The second-order valence-corrected chi connectivity index (χ2v) is 5.14. The molecule has 0 fully saturated rings. The number of methoxy groups -OCH3 is 1. The van der Waals surface area contributed by atoms with Gasteiger partial charge in [0.15, 0.2) is 0 Å². The minimum atomic E-state index is 0.971. The maximum absolute atomic E-state index is 5.40. The third-order valence-electron chi connectivity index (χ3n) is 3.54. The number of ether oxygens (including phenoxy) is 1. The van der Waals surface area contributed by atoms with Crippen molar-refractivity contribution in [2.45, 2.75) is 58.8 Å². The van der Waals surface area contributed by atoms with Crippen LogP contribution in [0.4, 0.5) is 0 Å². The van der Waals surface area contributed by atoms with Crippen LogP contribution in [0.1, 0.15) is 64.4 Å². The van der Waals surface area contributed by atoms with Crippen LogP contribution >= 0.6 is 0 Å². The summed E-state index contributed by atoms with van der Waals surface area (Å²) in [5, 5.41) is 0. The van der Waals surface area contributed by atoms with Gasteiger partial charge in [0, 0.05) is 5.56 Å². The van der Waals surface area contributed by atoms with Crippen molar-refractivity contribution in [3.63, 3.8) is 0 Å². The second-order valence-electron chi connectivity index (χ2n) is 5.14. The Kier molecular flexibility index (Phi) is 8.04. The predicted molar refractivity (Wildman–Crippen MR) is 84.6 cm³/mol. The van der Waals surface area contributed by atoms with Gasteiger partial charge in [-0.2, -0.15) is 0 Å². The van der Waals surface area contributed by atoms with E-state index in [1.807, 2.05) is 12.1 Å². The Morgan fingerprint density at radius 2 is 1.74 bits per heavy atom. The summed E-state index contributed by atoms with van der Waals surface area (Å²) in [6, 6.07) is 8.24. The van der Waals surface area contributed by atoms with Gasteiger partial charge in [0.1, 0.15) is 5.75 Å². The van der Waals surface area contributed by atoms with E-state index in [-0.39, 0.29) is 0 Å². The monoisotopic (exact) mass is 260 g/mol. The molecular formula is C18H28O. The Balaban J connectivity index is 2.36. The van der Waals surface area contributed by atoms with E-state index in [0.29, 0.717) is 0 Å². The fraction of sp³-hybridized carbons (Fsp3) is 0.556. The summed E-state index contributed by atoms with van der Waals surface area (Å²) in [6.07, 6.45) is 11.7. The molecule has 0 N–H and O–H groups in total. The van der Waals surface area contributed by atoms with Crippen LogP contribution in [0, 0.1) is 0 Å². The maximum atomic E-state index is 5.40. The molecule has 0 saturated heterocycles. The predicted octanol–water partition coefficient (Wildman–Crippen LogP) is 5.85. The highest BCUT2D eigenvalue weighted by molar-refractivity contribution is 5.68. The summed E-state index contributed by atoms with van der Waals surface area (Å²) in [4.78, 5) is 0. The number of rotatable bonds is 9. The number of benzene rings is 1. The summed E-state index contributed by atoms with van der Waals surface area (Å²) in [7, 11) is 1.74. The Labute approximate surface area is 118 Å². The molecule has 0 aromatic heterocycles. The molecule has 1 nitrogen and oxygen atoms in total. The van der Waals surface area contributed by atoms with E-state index >= 15 is 0 Å². The lowest BCUT2D eigenvalue weighted by molar-refractivity contribution is 0.413. The van der Waals surface area contributed by atoms with Gasteiger partial charge in [-0.1, -0.05) is 63.3 Å². The second kappa shape index (κ2) is 9.66. The molecule has 106 valence electrons. The topological polar surface area (TPSA) is 9.23 Å². The van der Waals surface area contributed by atoms with E-state index in [0.717, 1.165) is 5.75 Å². The normalized spacial score (nSPS) is 11.6. The number of hydrogen-bond donors (Lipinski definition) is 0. The van der Waals surface area contributed by atoms with Crippen molar-refractivity contribution >= 4 is 5.57 Å². The first-order valence-electron chi connectivity index (χ1n) is 7.59.